The summed E-state index contributed by atoms with van der Waals surface area (Å²) in [5.74, 6) is -1.18. The van der Waals surface area contributed by atoms with Crippen LogP contribution < -0.4 is 4.74 Å². The Labute approximate surface area is 155 Å². The molecule has 0 bridgehead atoms. The fraction of sp³-hybridized carbons (Fsp3) is 0.167. The van der Waals surface area contributed by atoms with E-state index < -0.39 is 24.6 Å². The highest BCUT2D eigenvalue weighted by atomic mass is 19.4. The monoisotopic (exact) mass is 396 g/mol. The van der Waals surface area contributed by atoms with E-state index in [9.17, 15) is 22.4 Å². The second-order valence-electron chi connectivity index (χ2n) is 5.52. The zero-order chi connectivity index (χ0) is 20.1. The first-order chi connectivity index (χ1) is 13.3. The van der Waals surface area contributed by atoms with Gasteiger partial charge < -0.3 is 13.9 Å². The predicted octanol–water partition coefficient (Wildman–Crippen LogP) is 4.17. The van der Waals surface area contributed by atoms with Crippen LogP contribution in [-0.2, 0) is 11.3 Å². The van der Waals surface area contributed by atoms with Gasteiger partial charge in [-0.1, -0.05) is 0 Å². The fourth-order valence-corrected chi connectivity index (χ4v) is 2.06. The van der Waals surface area contributed by atoms with Crippen LogP contribution >= 0.6 is 0 Å². The highest BCUT2D eigenvalue weighted by Gasteiger charge is 2.28. The second-order valence-corrected chi connectivity index (χ2v) is 5.52. The summed E-state index contributed by atoms with van der Waals surface area (Å²) >= 11 is 0. The fourth-order valence-electron chi connectivity index (χ4n) is 2.06. The maximum atomic E-state index is 12.9. The van der Waals surface area contributed by atoms with Crippen molar-refractivity contribution in [2.45, 2.75) is 12.8 Å². The molecule has 28 heavy (non-hydrogen) atoms. The minimum absolute atomic E-state index is 0.0293. The van der Waals surface area contributed by atoms with E-state index in [1.807, 2.05) is 0 Å². The summed E-state index contributed by atoms with van der Waals surface area (Å²) in [5.41, 5.74) is 0.907. The molecule has 0 aliphatic rings. The Kier molecular flexibility index (Phi) is 5.57. The molecule has 3 rings (SSSR count). The molecule has 0 N–H and O–H groups in total. The van der Waals surface area contributed by atoms with E-state index in [4.69, 9.17) is 9.15 Å². The molecular formula is C18H12F4N2O4. The molecule has 0 spiro atoms. The van der Waals surface area contributed by atoms with Gasteiger partial charge in [0.2, 0.25) is 11.8 Å². The summed E-state index contributed by atoms with van der Waals surface area (Å²) < 4.78 is 63.9. The van der Waals surface area contributed by atoms with Gasteiger partial charge in [0.25, 0.3) is 0 Å². The molecule has 0 saturated heterocycles. The van der Waals surface area contributed by atoms with Gasteiger partial charge >= 0.3 is 12.1 Å². The van der Waals surface area contributed by atoms with Gasteiger partial charge in [-0.3, -0.25) is 0 Å². The van der Waals surface area contributed by atoms with Crippen LogP contribution in [0.3, 0.4) is 0 Å². The van der Waals surface area contributed by atoms with Gasteiger partial charge in [0.15, 0.2) is 6.61 Å². The van der Waals surface area contributed by atoms with Crippen molar-refractivity contribution in [2.24, 2.45) is 0 Å². The molecular weight excluding hydrogens is 384 g/mol. The quantitative estimate of drug-likeness (QED) is 0.460. The molecule has 2 heterocycles. The molecule has 2 aromatic heterocycles. The lowest BCUT2D eigenvalue weighted by atomic mass is 10.2. The Morgan fingerprint density at radius 2 is 1.86 bits per heavy atom. The number of halogens is 4. The van der Waals surface area contributed by atoms with Gasteiger partial charge in [0.05, 0.1) is 5.56 Å². The number of hydrogen-bond donors (Lipinski definition) is 0. The van der Waals surface area contributed by atoms with Crippen molar-refractivity contribution in [3.8, 4) is 17.3 Å². The van der Waals surface area contributed by atoms with Gasteiger partial charge in [0, 0.05) is 17.8 Å². The number of pyridine rings is 1. The number of carbonyl (C=O) groups excluding carboxylic acids is 1. The van der Waals surface area contributed by atoms with E-state index >= 15 is 0 Å². The van der Waals surface area contributed by atoms with Crippen LogP contribution in [0.5, 0.6) is 5.88 Å². The number of oxazole rings is 1. The predicted molar refractivity (Wildman–Crippen MR) is 86.8 cm³/mol. The van der Waals surface area contributed by atoms with Gasteiger partial charge in [-0.05, 0) is 30.3 Å². The number of hydrogen-bond acceptors (Lipinski definition) is 6. The Morgan fingerprint density at radius 1 is 1.11 bits per heavy atom. The zero-order valence-corrected chi connectivity index (χ0v) is 14.1. The van der Waals surface area contributed by atoms with Gasteiger partial charge in [-0.25, -0.2) is 19.2 Å². The Hall–Kier alpha value is -3.43. The van der Waals surface area contributed by atoms with Crippen molar-refractivity contribution in [3.05, 3.63) is 65.9 Å². The molecule has 0 aliphatic heterocycles. The van der Waals surface area contributed by atoms with Crippen molar-refractivity contribution in [1.29, 1.82) is 0 Å². The first-order valence-electron chi connectivity index (χ1n) is 7.83. The van der Waals surface area contributed by atoms with Crippen LogP contribution in [0.4, 0.5) is 17.6 Å². The molecule has 0 fully saturated rings. The maximum Gasteiger partial charge on any atom is 0.422 e. The Morgan fingerprint density at radius 3 is 2.50 bits per heavy atom. The van der Waals surface area contributed by atoms with Crippen molar-refractivity contribution < 1.29 is 36.2 Å². The van der Waals surface area contributed by atoms with Crippen LogP contribution in [0.25, 0.3) is 11.5 Å². The number of nitrogens with zero attached hydrogens (tertiary/aromatic N) is 2. The lowest BCUT2D eigenvalue weighted by molar-refractivity contribution is -0.154. The first kappa shape index (κ1) is 19.3. The second kappa shape index (κ2) is 8.07. The summed E-state index contributed by atoms with van der Waals surface area (Å²) in [7, 11) is 0. The summed E-state index contributed by atoms with van der Waals surface area (Å²) in [6.45, 7) is -1.68. The Bertz CT molecular complexity index is 937. The van der Waals surface area contributed by atoms with Crippen LogP contribution in [0.2, 0.25) is 0 Å². The average molecular weight is 396 g/mol. The number of ether oxygens (including phenoxy) is 2. The van der Waals surface area contributed by atoms with Crippen molar-refractivity contribution >= 4 is 5.97 Å². The molecule has 0 saturated carbocycles. The van der Waals surface area contributed by atoms with Crippen molar-refractivity contribution in [1.82, 2.24) is 9.97 Å². The third-order valence-electron chi connectivity index (χ3n) is 3.35. The number of benzene rings is 1. The summed E-state index contributed by atoms with van der Waals surface area (Å²) in [5, 5.41) is 0. The molecule has 6 nitrogen and oxygen atoms in total. The number of alkyl halides is 3. The molecule has 0 aliphatic carbocycles. The zero-order valence-electron chi connectivity index (χ0n) is 14.1. The molecule has 0 amide bonds. The van der Waals surface area contributed by atoms with Gasteiger partial charge in [-0.15, -0.1) is 0 Å². The molecule has 3 aromatic rings. The van der Waals surface area contributed by atoms with Crippen LogP contribution in [0.1, 0.15) is 16.1 Å². The maximum absolute atomic E-state index is 12.9. The highest BCUT2D eigenvalue weighted by Crippen LogP contribution is 2.20. The standard InChI is InChI=1S/C18H12F4N2O4/c19-13-4-1-11(2-5-13)16-24-14(8-26-16)9-27-17(25)12-3-6-15(23-7-12)28-10-18(20,21)22/h1-8H,9-10H2. The van der Waals surface area contributed by atoms with Gasteiger partial charge in [-0.2, -0.15) is 13.2 Å². The molecule has 0 unspecified atom stereocenters. The third-order valence-corrected chi connectivity index (χ3v) is 3.35. The average Bonchev–Trinajstić information content (AvgIpc) is 3.14. The Balaban J connectivity index is 1.55. The topological polar surface area (TPSA) is 74.5 Å². The number of rotatable bonds is 6. The van der Waals surface area contributed by atoms with Gasteiger partial charge in [0.1, 0.15) is 24.4 Å². The summed E-state index contributed by atoms with van der Waals surface area (Å²) in [6, 6.07) is 7.86. The van der Waals surface area contributed by atoms with E-state index in [-0.39, 0.29) is 23.9 Å². The molecule has 0 radical (unpaired) electrons. The van der Waals surface area contributed by atoms with Crippen LogP contribution in [0, 0.1) is 5.82 Å². The summed E-state index contributed by atoms with van der Waals surface area (Å²) in [6.07, 6.45) is -2.15. The molecule has 10 heteroatoms. The molecule has 146 valence electrons. The van der Waals surface area contributed by atoms with E-state index in [2.05, 4.69) is 14.7 Å². The largest absolute Gasteiger partial charge is 0.468 e. The lowest BCUT2D eigenvalue weighted by Gasteiger charge is -2.08. The lowest BCUT2D eigenvalue weighted by Crippen LogP contribution is -2.19. The van der Waals surface area contributed by atoms with E-state index in [0.29, 0.717) is 11.3 Å². The van der Waals surface area contributed by atoms with Crippen LogP contribution in [0.15, 0.2) is 53.3 Å². The normalized spacial score (nSPS) is 11.3. The summed E-state index contributed by atoms with van der Waals surface area (Å²) in [4.78, 5) is 19.7. The van der Waals surface area contributed by atoms with Crippen molar-refractivity contribution in [2.75, 3.05) is 6.61 Å². The number of carbonyl (C=O) groups is 1. The molecule has 1 aromatic carbocycles. The third kappa shape index (κ3) is 5.29. The number of aromatic nitrogens is 2. The van der Waals surface area contributed by atoms with E-state index in [1.54, 1.807) is 0 Å². The van der Waals surface area contributed by atoms with Crippen molar-refractivity contribution in [3.63, 3.8) is 0 Å². The molecule has 0 atom stereocenters. The first-order valence-corrected chi connectivity index (χ1v) is 7.83. The smallest absolute Gasteiger partial charge is 0.422 e. The van der Waals surface area contributed by atoms with E-state index in [1.165, 1.54) is 36.6 Å². The number of esters is 1. The SMILES string of the molecule is O=C(OCc1coc(-c2ccc(F)cc2)n1)c1ccc(OCC(F)(F)F)nc1. The minimum atomic E-state index is -4.48. The minimum Gasteiger partial charge on any atom is -0.468 e. The van der Waals surface area contributed by atoms with E-state index in [0.717, 1.165) is 12.3 Å². The van der Waals surface area contributed by atoms with Crippen LogP contribution in [-0.4, -0.2) is 28.7 Å². The highest BCUT2D eigenvalue weighted by molar-refractivity contribution is 5.89.